The Morgan fingerprint density at radius 2 is 1.90 bits per heavy atom. The number of piperazine rings is 1. The number of hydrogen-bond donors (Lipinski definition) is 0. The lowest BCUT2D eigenvalue weighted by molar-refractivity contribution is 0.0878. The van der Waals surface area contributed by atoms with Crippen LogP contribution in [-0.4, -0.2) is 62.9 Å². The van der Waals surface area contributed by atoms with E-state index in [1.807, 2.05) is 30.6 Å². The summed E-state index contributed by atoms with van der Waals surface area (Å²) in [4.78, 5) is 18.3. The van der Waals surface area contributed by atoms with E-state index >= 15 is 0 Å². The predicted molar refractivity (Wildman–Crippen MR) is 120 cm³/mol. The van der Waals surface area contributed by atoms with Crippen molar-refractivity contribution in [3.63, 3.8) is 0 Å². The van der Waals surface area contributed by atoms with Crippen molar-refractivity contribution < 1.29 is 4.74 Å². The lowest BCUT2D eigenvalue weighted by Crippen LogP contribution is -2.46. The second-order valence-electron chi connectivity index (χ2n) is 7.94. The molecule has 1 atom stereocenters. The molecule has 1 aliphatic heterocycles. The summed E-state index contributed by atoms with van der Waals surface area (Å²) in [5.41, 5.74) is 5.42. The van der Waals surface area contributed by atoms with Gasteiger partial charge in [-0.25, -0.2) is 9.97 Å². The fourth-order valence-corrected chi connectivity index (χ4v) is 4.31. The van der Waals surface area contributed by atoms with E-state index in [-0.39, 0.29) is 6.04 Å². The van der Waals surface area contributed by atoms with Gasteiger partial charge in [0.05, 0.1) is 24.5 Å². The van der Waals surface area contributed by atoms with Crippen molar-refractivity contribution in [1.82, 2.24) is 29.2 Å². The summed E-state index contributed by atoms with van der Waals surface area (Å²) < 4.78 is 7.63. The standard InChI is InChI=1S/C24H26N6O/c1-28-13-14-29(15-19-5-4-10-26-24(19)31-2)17-22(28)20-16-30-21(6-3-7-23(30)27-20)18-8-11-25-12-9-18/h3-12,16,22H,13-15,17H2,1-2H3/t22-/m0/s1. The third kappa shape index (κ3) is 3.89. The number of likely N-dealkylation sites (N-methyl/N-ethyl adjacent to an activating group) is 1. The van der Waals surface area contributed by atoms with Gasteiger partial charge in [-0.3, -0.25) is 19.2 Å². The first-order chi connectivity index (χ1) is 15.2. The van der Waals surface area contributed by atoms with Crippen molar-refractivity contribution in [3.05, 3.63) is 78.5 Å². The van der Waals surface area contributed by atoms with Gasteiger partial charge < -0.3 is 4.74 Å². The summed E-state index contributed by atoms with van der Waals surface area (Å²) in [6.07, 6.45) is 7.60. The Bertz CT molecular complexity index is 1180. The normalized spacial score (nSPS) is 17.8. The van der Waals surface area contributed by atoms with E-state index in [2.05, 4.69) is 61.7 Å². The third-order valence-electron chi connectivity index (χ3n) is 6.00. The van der Waals surface area contributed by atoms with Gasteiger partial charge in [-0.1, -0.05) is 12.1 Å². The zero-order valence-corrected chi connectivity index (χ0v) is 17.8. The Kier molecular flexibility index (Phi) is 5.36. The molecule has 1 aliphatic rings. The SMILES string of the molecule is COc1ncccc1CN1CCN(C)[C@H](c2cn3c(-c4ccncc4)cccc3n2)C1. The van der Waals surface area contributed by atoms with E-state index in [1.54, 1.807) is 13.3 Å². The Hall–Kier alpha value is -3.29. The maximum atomic E-state index is 5.45. The molecule has 0 radical (unpaired) electrons. The number of fused-ring (bicyclic) bond motifs is 1. The highest BCUT2D eigenvalue weighted by Gasteiger charge is 2.28. The van der Waals surface area contributed by atoms with E-state index in [0.29, 0.717) is 5.88 Å². The van der Waals surface area contributed by atoms with Gasteiger partial charge >= 0.3 is 0 Å². The van der Waals surface area contributed by atoms with Crippen LogP contribution in [0.2, 0.25) is 0 Å². The van der Waals surface area contributed by atoms with E-state index in [9.17, 15) is 0 Å². The minimum atomic E-state index is 0.224. The number of nitrogens with zero attached hydrogens (tertiary/aromatic N) is 6. The largest absolute Gasteiger partial charge is 0.481 e. The zero-order valence-electron chi connectivity index (χ0n) is 17.8. The molecule has 7 heteroatoms. The van der Waals surface area contributed by atoms with Crippen LogP contribution in [0.4, 0.5) is 0 Å². The molecule has 5 rings (SSSR count). The molecule has 1 saturated heterocycles. The van der Waals surface area contributed by atoms with Crippen LogP contribution in [0.5, 0.6) is 5.88 Å². The number of imidazole rings is 1. The van der Waals surface area contributed by atoms with Crippen molar-refractivity contribution in [2.45, 2.75) is 12.6 Å². The van der Waals surface area contributed by atoms with Crippen LogP contribution in [0.25, 0.3) is 16.9 Å². The van der Waals surface area contributed by atoms with E-state index < -0.39 is 0 Å². The van der Waals surface area contributed by atoms with Crippen molar-refractivity contribution in [2.24, 2.45) is 0 Å². The minimum Gasteiger partial charge on any atom is -0.481 e. The number of aromatic nitrogens is 4. The van der Waals surface area contributed by atoms with E-state index in [1.165, 1.54) is 0 Å². The summed E-state index contributed by atoms with van der Waals surface area (Å²) in [5, 5.41) is 0. The lowest BCUT2D eigenvalue weighted by Gasteiger charge is -2.38. The maximum absolute atomic E-state index is 5.45. The number of ether oxygens (including phenoxy) is 1. The van der Waals surface area contributed by atoms with Gasteiger partial charge in [-0.15, -0.1) is 0 Å². The Morgan fingerprint density at radius 1 is 1.03 bits per heavy atom. The lowest BCUT2D eigenvalue weighted by atomic mass is 10.1. The highest BCUT2D eigenvalue weighted by atomic mass is 16.5. The first kappa shape index (κ1) is 19.7. The summed E-state index contributed by atoms with van der Waals surface area (Å²) in [5.74, 6) is 0.702. The molecule has 0 saturated carbocycles. The molecule has 0 bridgehead atoms. The van der Waals surface area contributed by atoms with Gasteiger partial charge in [0.2, 0.25) is 5.88 Å². The van der Waals surface area contributed by atoms with Crippen LogP contribution in [0.1, 0.15) is 17.3 Å². The van der Waals surface area contributed by atoms with Crippen LogP contribution < -0.4 is 4.74 Å². The molecular formula is C24H26N6O. The quantitative estimate of drug-likeness (QED) is 0.500. The molecule has 7 nitrogen and oxygen atoms in total. The molecule has 0 N–H and O–H groups in total. The third-order valence-corrected chi connectivity index (χ3v) is 6.00. The second kappa shape index (κ2) is 8.45. The van der Waals surface area contributed by atoms with Gasteiger partial charge in [-0.05, 0) is 37.4 Å². The smallest absolute Gasteiger partial charge is 0.217 e. The van der Waals surface area contributed by atoms with Crippen molar-refractivity contribution in [2.75, 3.05) is 33.8 Å². The zero-order chi connectivity index (χ0) is 21.2. The van der Waals surface area contributed by atoms with Crippen molar-refractivity contribution in [3.8, 4) is 17.1 Å². The van der Waals surface area contributed by atoms with Crippen LogP contribution in [-0.2, 0) is 6.54 Å². The highest BCUT2D eigenvalue weighted by Crippen LogP contribution is 2.28. The average molecular weight is 415 g/mol. The molecule has 4 aromatic heterocycles. The number of pyridine rings is 3. The van der Waals surface area contributed by atoms with Crippen LogP contribution >= 0.6 is 0 Å². The predicted octanol–water partition coefficient (Wildman–Crippen LogP) is 3.29. The molecule has 158 valence electrons. The van der Waals surface area contributed by atoms with Crippen LogP contribution in [0, 0.1) is 0 Å². The number of hydrogen-bond acceptors (Lipinski definition) is 6. The van der Waals surface area contributed by atoms with Crippen molar-refractivity contribution >= 4 is 5.65 Å². The molecule has 0 aliphatic carbocycles. The summed E-state index contributed by atoms with van der Waals surface area (Å²) in [6.45, 7) is 3.71. The topological polar surface area (TPSA) is 58.8 Å². The molecule has 0 unspecified atom stereocenters. The average Bonchev–Trinajstić information content (AvgIpc) is 3.25. The second-order valence-corrected chi connectivity index (χ2v) is 7.94. The Labute approximate surface area is 182 Å². The monoisotopic (exact) mass is 414 g/mol. The van der Waals surface area contributed by atoms with Gasteiger partial charge in [0, 0.05) is 62.1 Å². The first-order valence-electron chi connectivity index (χ1n) is 10.5. The van der Waals surface area contributed by atoms with Gasteiger partial charge in [0.1, 0.15) is 5.65 Å². The maximum Gasteiger partial charge on any atom is 0.217 e. The molecule has 0 amide bonds. The molecular weight excluding hydrogens is 388 g/mol. The number of rotatable bonds is 5. The Balaban J connectivity index is 1.43. The highest BCUT2D eigenvalue weighted by molar-refractivity contribution is 5.63. The van der Waals surface area contributed by atoms with Crippen molar-refractivity contribution in [1.29, 1.82) is 0 Å². The summed E-state index contributed by atoms with van der Waals surface area (Å²) in [6, 6.07) is 14.6. The summed E-state index contributed by atoms with van der Waals surface area (Å²) in [7, 11) is 3.86. The van der Waals surface area contributed by atoms with Gasteiger partial charge in [-0.2, -0.15) is 0 Å². The van der Waals surface area contributed by atoms with E-state index in [0.717, 1.165) is 54.3 Å². The Morgan fingerprint density at radius 3 is 2.74 bits per heavy atom. The number of methoxy groups -OCH3 is 1. The molecule has 4 aromatic rings. The van der Waals surface area contributed by atoms with E-state index in [4.69, 9.17) is 9.72 Å². The molecule has 0 aromatic carbocycles. The molecule has 0 spiro atoms. The molecule has 5 heterocycles. The fraction of sp³-hybridized carbons (Fsp3) is 0.292. The molecule has 1 fully saturated rings. The first-order valence-corrected chi connectivity index (χ1v) is 10.5. The fourth-order valence-electron chi connectivity index (χ4n) is 4.31. The minimum absolute atomic E-state index is 0.224. The van der Waals surface area contributed by atoms with Crippen LogP contribution in [0.15, 0.2) is 67.3 Å². The summed E-state index contributed by atoms with van der Waals surface area (Å²) >= 11 is 0. The van der Waals surface area contributed by atoms with Gasteiger partial charge in [0.25, 0.3) is 0 Å². The van der Waals surface area contributed by atoms with Gasteiger partial charge in [0.15, 0.2) is 0 Å². The van der Waals surface area contributed by atoms with Crippen LogP contribution in [0.3, 0.4) is 0 Å². The molecule has 31 heavy (non-hydrogen) atoms.